The third-order valence-electron chi connectivity index (χ3n) is 2.62. The second-order valence-corrected chi connectivity index (χ2v) is 3.84. The number of nitrogens with one attached hydrogen (secondary N) is 2. The van der Waals surface area contributed by atoms with Gasteiger partial charge in [-0.25, -0.2) is 9.18 Å². The van der Waals surface area contributed by atoms with E-state index in [1.54, 1.807) is 0 Å². The molecule has 0 spiro atoms. The van der Waals surface area contributed by atoms with E-state index in [4.69, 9.17) is 5.11 Å². The van der Waals surface area contributed by atoms with E-state index < -0.39 is 17.3 Å². The highest BCUT2D eigenvalue weighted by atomic mass is 19.1. The zero-order valence-corrected chi connectivity index (χ0v) is 8.87. The van der Waals surface area contributed by atoms with Gasteiger partial charge in [0.2, 0.25) is 5.91 Å². The van der Waals surface area contributed by atoms with Gasteiger partial charge in [-0.1, -0.05) is 0 Å². The molecule has 1 aliphatic rings. The molecule has 0 aliphatic carbocycles. The number of halogens is 1. The van der Waals surface area contributed by atoms with Gasteiger partial charge in [0.15, 0.2) is 0 Å². The fraction of sp³-hybridized carbons (Fsp3) is 0.273. The summed E-state index contributed by atoms with van der Waals surface area (Å²) in [5.41, 5.74) is -0.141. The molecule has 17 heavy (non-hydrogen) atoms. The third kappa shape index (κ3) is 2.42. The van der Waals surface area contributed by atoms with Crippen molar-refractivity contribution in [1.82, 2.24) is 5.32 Å². The molecule has 0 unspecified atom stereocenters. The van der Waals surface area contributed by atoms with Crippen molar-refractivity contribution < 1.29 is 19.1 Å². The topological polar surface area (TPSA) is 78.4 Å². The first kappa shape index (κ1) is 11.5. The number of carboxylic acid groups (broad SMARTS) is 1. The number of aromatic carboxylic acids is 1. The van der Waals surface area contributed by atoms with E-state index in [0.29, 0.717) is 13.1 Å². The fourth-order valence-corrected chi connectivity index (χ4v) is 1.48. The summed E-state index contributed by atoms with van der Waals surface area (Å²) in [6.07, 6.45) is 0. The molecule has 0 bridgehead atoms. The van der Waals surface area contributed by atoms with Crippen molar-refractivity contribution in [3.8, 4) is 0 Å². The molecule has 1 heterocycles. The van der Waals surface area contributed by atoms with Crippen LogP contribution in [0.5, 0.6) is 0 Å². The van der Waals surface area contributed by atoms with Crippen LogP contribution in [0, 0.1) is 11.7 Å². The Morgan fingerprint density at radius 3 is 2.59 bits per heavy atom. The molecule has 6 heteroatoms. The Labute approximate surface area is 96.6 Å². The molecule has 5 nitrogen and oxygen atoms in total. The summed E-state index contributed by atoms with van der Waals surface area (Å²) in [6, 6.07) is 3.51. The highest BCUT2D eigenvalue weighted by molar-refractivity contribution is 5.94. The smallest absolute Gasteiger partial charge is 0.338 e. The largest absolute Gasteiger partial charge is 0.478 e. The van der Waals surface area contributed by atoms with Gasteiger partial charge in [-0.2, -0.15) is 0 Å². The minimum Gasteiger partial charge on any atom is -0.478 e. The van der Waals surface area contributed by atoms with E-state index in [9.17, 15) is 14.0 Å². The average Bonchev–Trinajstić information content (AvgIpc) is 2.13. The summed E-state index contributed by atoms with van der Waals surface area (Å²) in [6.45, 7) is 1.23. The Kier molecular flexibility index (Phi) is 3.06. The number of rotatable bonds is 3. The van der Waals surface area contributed by atoms with Crippen molar-refractivity contribution in [2.45, 2.75) is 0 Å². The molecule has 3 N–H and O–H groups in total. The van der Waals surface area contributed by atoms with Gasteiger partial charge in [0.25, 0.3) is 0 Å². The number of benzene rings is 1. The van der Waals surface area contributed by atoms with Crippen LogP contribution in [0.4, 0.5) is 10.1 Å². The van der Waals surface area contributed by atoms with Gasteiger partial charge in [-0.15, -0.1) is 0 Å². The molecule has 0 radical (unpaired) electrons. The van der Waals surface area contributed by atoms with Crippen LogP contribution in [0.15, 0.2) is 18.2 Å². The van der Waals surface area contributed by atoms with E-state index >= 15 is 0 Å². The number of hydrogen-bond acceptors (Lipinski definition) is 3. The molecule has 2 rings (SSSR count). The summed E-state index contributed by atoms with van der Waals surface area (Å²) in [5, 5.41) is 14.1. The SMILES string of the molecule is O=C(O)c1ccc(NC(=O)C2CNC2)cc1F. The van der Waals surface area contributed by atoms with Crippen molar-refractivity contribution in [2.24, 2.45) is 5.92 Å². The van der Waals surface area contributed by atoms with Gasteiger partial charge >= 0.3 is 5.97 Å². The summed E-state index contributed by atoms with van der Waals surface area (Å²) < 4.78 is 13.3. The lowest BCUT2D eigenvalue weighted by Crippen LogP contribution is -2.48. The Morgan fingerprint density at radius 1 is 1.41 bits per heavy atom. The number of anilines is 1. The lowest BCUT2D eigenvalue weighted by molar-refractivity contribution is -0.121. The standard InChI is InChI=1S/C11H11FN2O3/c12-9-3-7(1-2-8(9)11(16)17)14-10(15)6-4-13-5-6/h1-3,6,13H,4-5H2,(H,14,15)(H,16,17). The predicted octanol–water partition coefficient (Wildman–Crippen LogP) is 0.682. The van der Waals surface area contributed by atoms with Crippen molar-refractivity contribution in [3.05, 3.63) is 29.6 Å². The Hall–Kier alpha value is -1.95. The third-order valence-corrected chi connectivity index (χ3v) is 2.62. The van der Waals surface area contributed by atoms with Crippen LogP contribution >= 0.6 is 0 Å². The van der Waals surface area contributed by atoms with Crippen LogP contribution in [0.25, 0.3) is 0 Å². The molecule has 1 aromatic carbocycles. The fourth-order valence-electron chi connectivity index (χ4n) is 1.48. The van der Waals surface area contributed by atoms with E-state index in [0.717, 1.165) is 12.1 Å². The van der Waals surface area contributed by atoms with Gasteiger partial charge in [-0.05, 0) is 18.2 Å². The highest BCUT2D eigenvalue weighted by Crippen LogP contribution is 2.16. The van der Waals surface area contributed by atoms with E-state index in [2.05, 4.69) is 10.6 Å². The first-order valence-electron chi connectivity index (χ1n) is 5.12. The van der Waals surface area contributed by atoms with Crippen molar-refractivity contribution in [1.29, 1.82) is 0 Å². The van der Waals surface area contributed by atoms with Crippen LogP contribution in [-0.2, 0) is 4.79 Å². The van der Waals surface area contributed by atoms with Crippen LogP contribution in [0.2, 0.25) is 0 Å². The maximum Gasteiger partial charge on any atom is 0.338 e. The summed E-state index contributed by atoms with van der Waals surface area (Å²) in [5.74, 6) is -2.48. The second-order valence-electron chi connectivity index (χ2n) is 3.84. The van der Waals surface area contributed by atoms with Gasteiger partial charge in [-0.3, -0.25) is 4.79 Å². The Bertz CT molecular complexity index is 472. The van der Waals surface area contributed by atoms with E-state index in [1.807, 2.05) is 0 Å². The van der Waals surface area contributed by atoms with Crippen molar-refractivity contribution >= 4 is 17.6 Å². The molecule has 1 aromatic rings. The Morgan fingerprint density at radius 2 is 2.12 bits per heavy atom. The number of carboxylic acids is 1. The molecule has 0 atom stereocenters. The highest BCUT2D eigenvalue weighted by Gasteiger charge is 2.25. The molecule has 1 amide bonds. The lowest BCUT2D eigenvalue weighted by atomic mass is 10.0. The molecule has 0 aromatic heterocycles. The average molecular weight is 238 g/mol. The predicted molar refractivity (Wildman–Crippen MR) is 58.3 cm³/mol. The maximum atomic E-state index is 13.3. The summed E-state index contributed by atoms with van der Waals surface area (Å²) in [4.78, 5) is 22.1. The molecular weight excluding hydrogens is 227 g/mol. The van der Waals surface area contributed by atoms with Gasteiger partial charge in [0, 0.05) is 18.8 Å². The molecule has 90 valence electrons. The summed E-state index contributed by atoms with van der Waals surface area (Å²) in [7, 11) is 0. The zero-order valence-electron chi connectivity index (χ0n) is 8.87. The molecule has 1 aliphatic heterocycles. The minimum absolute atomic E-state index is 0.0998. The van der Waals surface area contributed by atoms with Crippen LogP contribution < -0.4 is 10.6 Å². The van der Waals surface area contributed by atoms with Gasteiger partial charge in [0.05, 0.1) is 11.5 Å². The monoisotopic (exact) mass is 238 g/mol. The Balaban J connectivity index is 2.09. The van der Waals surface area contributed by atoms with Crippen molar-refractivity contribution in [2.75, 3.05) is 18.4 Å². The summed E-state index contributed by atoms with van der Waals surface area (Å²) >= 11 is 0. The number of amides is 1. The quantitative estimate of drug-likeness (QED) is 0.723. The van der Waals surface area contributed by atoms with Gasteiger partial charge in [0.1, 0.15) is 5.82 Å². The van der Waals surface area contributed by atoms with Crippen LogP contribution in [0.3, 0.4) is 0 Å². The molecular formula is C11H11FN2O3. The number of carbonyl (C=O) groups excluding carboxylic acids is 1. The van der Waals surface area contributed by atoms with Crippen molar-refractivity contribution in [3.63, 3.8) is 0 Å². The first-order chi connectivity index (χ1) is 8.08. The van der Waals surface area contributed by atoms with E-state index in [1.165, 1.54) is 6.07 Å². The van der Waals surface area contributed by atoms with Crippen LogP contribution in [-0.4, -0.2) is 30.1 Å². The molecule has 0 saturated carbocycles. The maximum absolute atomic E-state index is 13.3. The zero-order chi connectivity index (χ0) is 12.4. The molecule has 1 fully saturated rings. The minimum atomic E-state index is -1.33. The first-order valence-corrected chi connectivity index (χ1v) is 5.12. The number of hydrogen-bond donors (Lipinski definition) is 3. The second kappa shape index (κ2) is 4.50. The lowest BCUT2D eigenvalue weighted by Gasteiger charge is -2.25. The van der Waals surface area contributed by atoms with E-state index in [-0.39, 0.29) is 17.5 Å². The van der Waals surface area contributed by atoms with Crippen LogP contribution in [0.1, 0.15) is 10.4 Å². The molecule has 1 saturated heterocycles. The number of carbonyl (C=O) groups is 2. The van der Waals surface area contributed by atoms with Gasteiger partial charge < -0.3 is 15.7 Å². The normalized spacial score (nSPS) is 15.1.